The van der Waals surface area contributed by atoms with Crippen molar-refractivity contribution in [2.24, 2.45) is 5.92 Å². The third-order valence-electron chi connectivity index (χ3n) is 6.61. The van der Waals surface area contributed by atoms with Crippen molar-refractivity contribution in [1.82, 2.24) is 25.2 Å². The lowest BCUT2D eigenvalue weighted by atomic mass is 9.91. The van der Waals surface area contributed by atoms with Crippen LogP contribution in [0.15, 0.2) is 30.3 Å². The molecule has 0 bridgehead atoms. The van der Waals surface area contributed by atoms with Crippen LogP contribution in [-0.2, 0) is 40.4 Å². The van der Waals surface area contributed by atoms with E-state index in [1.54, 1.807) is 0 Å². The Hall–Kier alpha value is -2.74. The molecule has 2 aromatic rings. The number of carbonyl (C=O) groups is 2. The zero-order valence-electron chi connectivity index (χ0n) is 17.8. The summed E-state index contributed by atoms with van der Waals surface area (Å²) in [6.45, 7) is 2.77. The van der Waals surface area contributed by atoms with Crippen LogP contribution >= 0.6 is 0 Å². The molecular weight excluding hydrogens is 394 g/mol. The predicted octanol–water partition coefficient (Wildman–Crippen LogP) is 1.83. The second kappa shape index (κ2) is 8.42. The number of nitrogens with one attached hydrogen (secondary N) is 1. The highest BCUT2D eigenvalue weighted by Crippen LogP contribution is 2.33. The molecule has 3 aliphatic rings. The van der Waals surface area contributed by atoms with Crippen LogP contribution in [0.3, 0.4) is 0 Å². The fourth-order valence-electron chi connectivity index (χ4n) is 4.60. The van der Waals surface area contributed by atoms with Gasteiger partial charge in [0.25, 0.3) is 0 Å². The van der Waals surface area contributed by atoms with Gasteiger partial charge in [-0.25, -0.2) is 4.68 Å². The zero-order valence-corrected chi connectivity index (χ0v) is 17.8. The van der Waals surface area contributed by atoms with Gasteiger partial charge in [-0.05, 0) is 37.7 Å². The lowest BCUT2D eigenvalue weighted by Crippen LogP contribution is -2.55. The van der Waals surface area contributed by atoms with Gasteiger partial charge in [-0.15, -0.1) is 5.10 Å². The maximum Gasteiger partial charge on any atom is 0.223 e. The molecular formula is C23H29N5O3. The molecule has 1 N–H and O–H groups in total. The predicted molar refractivity (Wildman–Crippen MR) is 113 cm³/mol. The Balaban J connectivity index is 1.19. The van der Waals surface area contributed by atoms with E-state index in [4.69, 9.17) is 4.74 Å². The Morgan fingerprint density at radius 3 is 2.84 bits per heavy atom. The van der Waals surface area contributed by atoms with E-state index in [0.29, 0.717) is 32.7 Å². The van der Waals surface area contributed by atoms with Gasteiger partial charge in [0.1, 0.15) is 11.3 Å². The molecule has 2 amide bonds. The van der Waals surface area contributed by atoms with Gasteiger partial charge in [-0.2, -0.15) is 0 Å². The standard InChI is InChI=1S/C23H29N5O3/c29-21(10-7-17-5-2-1-3-6-17)27-12-4-11-23(15-27)16-28-20(14-31-23)19(25-26-28)13-24-22(30)18-8-9-18/h1-3,5-6,18H,4,7-16H2,(H,24,30). The van der Waals surface area contributed by atoms with Gasteiger partial charge in [0.05, 0.1) is 31.9 Å². The monoisotopic (exact) mass is 423 g/mol. The molecule has 0 radical (unpaired) electrons. The molecule has 1 unspecified atom stereocenters. The second-order valence-electron chi connectivity index (χ2n) is 9.01. The minimum Gasteiger partial charge on any atom is -0.365 e. The van der Waals surface area contributed by atoms with Crippen molar-refractivity contribution in [3.8, 4) is 0 Å². The topological polar surface area (TPSA) is 89.3 Å². The van der Waals surface area contributed by atoms with Crippen molar-refractivity contribution >= 4 is 11.8 Å². The number of amides is 2. The molecule has 1 aliphatic carbocycles. The Kier molecular flexibility index (Phi) is 5.48. The number of hydrogen-bond acceptors (Lipinski definition) is 5. The van der Waals surface area contributed by atoms with Gasteiger partial charge in [0.15, 0.2) is 0 Å². The van der Waals surface area contributed by atoms with E-state index in [0.717, 1.165) is 50.0 Å². The summed E-state index contributed by atoms with van der Waals surface area (Å²) in [6.07, 6.45) is 5.07. The second-order valence-corrected chi connectivity index (χ2v) is 9.01. The number of aryl methyl sites for hydroxylation is 1. The largest absolute Gasteiger partial charge is 0.365 e. The third kappa shape index (κ3) is 4.49. The van der Waals surface area contributed by atoms with Gasteiger partial charge < -0.3 is 15.0 Å². The zero-order chi connectivity index (χ0) is 21.3. The maximum atomic E-state index is 12.9. The third-order valence-corrected chi connectivity index (χ3v) is 6.61. The summed E-state index contributed by atoms with van der Waals surface area (Å²) in [7, 11) is 0. The first-order valence-electron chi connectivity index (χ1n) is 11.3. The number of piperidine rings is 1. The van der Waals surface area contributed by atoms with E-state index >= 15 is 0 Å². The number of nitrogens with zero attached hydrogens (tertiary/aromatic N) is 4. The minimum absolute atomic E-state index is 0.104. The molecule has 1 aromatic heterocycles. The van der Waals surface area contributed by atoms with E-state index in [9.17, 15) is 9.59 Å². The molecule has 1 atom stereocenters. The van der Waals surface area contributed by atoms with Crippen LogP contribution in [0.1, 0.15) is 49.1 Å². The Bertz CT molecular complexity index is 955. The van der Waals surface area contributed by atoms with Gasteiger partial charge >= 0.3 is 0 Å². The molecule has 2 fully saturated rings. The quantitative estimate of drug-likeness (QED) is 0.766. The lowest BCUT2D eigenvalue weighted by molar-refractivity contribution is -0.153. The lowest BCUT2D eigenvalue weighted by Gasteiger charge is -2.44. The Labute approximate surface area is 181 Å². The molecule has 31 heavy (non-hydrogen) atoms. The van der Waals surface area contributed by atoms with Crippen LogP contribution in [0.25, 0.3) is 0 Å². The Morgan fingerprint density at radius 2 is 2.03 bits per heavy atom. The molecule has 3 heterocycles. The number of ether oxygens (including phenoxy) is 1. The summed E-state index contributed by atoms with van der Waals surface area (Å²) in [5.41, 5.74) is 2.48. The van der Waals surface area contributed by atoms with Gasteiger partial charge in [0, 0.05) is 18.9 Å². The first kappa shape index (κ1) is 20.2. The number of hydrogen-bond donors (Lipinski definition) is 1. The summed E-state index contributed by atoms with van der Waals surface area (Å²) in [6, 6.07) is 10.1. The SMILES string of the molecule is O=C(NCc1nnn2c1COC1(CCCN(C(=O)CCc3ccccc3)C1)C2)C1CC1. The molecule has 164 valence electrons. The van der Waals surface area contributed by atoms with Gasteiger partial charge in [-0.1, -0.05) is 35.5 Å². The minimum atomic E-state index is -0.407. The molecule has 2 aliphatic heterocycles. The molecule has 1 saturated carbocycles. The average molecular weight is 424 g/mol. The Morgan fingerprint density at radius 1 is 1.19 bits per heavy atom. The normalized spacial score (nSPS) is 22.9. The van der Waals surface area contributed by atoms with Crippen LogP contribution in [0.4, 0.5) is 0 Å². The summed E-state index contributed by atoms with van der Waals surface area (Å²) >= 11 is 0. The molecule has 1 saturated heterocycles. The van der Waals surface area contributed by atoms with Gasteiger partial charge in [-0.3, -0.25) is 9.59 Å². The first-order chi connectivity index (χ1) is 15.1. The summed E-state index contributed by atoms with van der Waals surface area (Å²) in [5.74, 6) is 0.463. The van der Waals surface area contributed by atoms with Crippen LogP contribution in [0.5, 0.6) is 0 Å². The van der Waals surface area contributed by atoms with Crippen molar-refractivity contribution in [2.45, 2.75) is 63.8 Å². The highest BCUT2D eigenvalue weighted by molar-refractivity contribution is 5.80. The van der Waals surface area contributed by atoms with Crippen molar-refractivity contribution in [1.29, 1.82) is 0 Å². The average Bonchev–Trinajstić information content (AvgIpc) is 3.58. The van der Waals surface area contributed by atoms with E-state index in [2.05, 4.69) is 27.8 Å². The first-order valence-corrected chi connectivity index (χ1v) is 11.3. The number of rotatable bonds is 6. The van der Waals surface area contributed by atoms with Crippen molar-refractivity contribution in [2.75, 3.05) is 13.1 Å². The highest BCUT2D eigenvalue weighted by Gasteiger charge is 2.42. The molecule has 5 rings (SSSR count). The van der Waals surface area contributed by atoms with Crippen LogP contribution in [0, 0.1) is 5.92 Å². The molecule has 8 heteroatoms. The fourth-order valence-corrected chi connectivity index (χ4v) is 4.60. The molecule has 1 spiro atoms. The fraction of sp³-hybridized carbons (Fsp3) is 0.565. The molecule has 8 nitrogen and oxygen atoms in total. The van der Waals surface area contributed by atoms with E-state index < -0.39 is 5.60 Å². The van der Waals surface area contributed by atoms with Gasteiger partial charge in [0.2, 0.25) is 11.8 Å². The highest BCUT2D eigenvalue weighted by atomic mass is 16.5. The van der Waals surface area contributed by atoms with E-state index in [1.165, 1.54) is 5.56 Å². The van der Waals surface area contributed by atoms with Crippen LogP contribution in [0.2, 0.25) is 0 Å². The van der Waals surface area contributed by atoms with Crippen LogP contribution in [-0.4, -0.2) is 50.4 Å². The maximum absolute atomic E-state index is 12.9. The summed E-state index contributed by atoms with van der Waals surface area (Å²) in [4.78, 5) is 26.7. The van der Waals surface area contributed by atoms with Crippen molar-refractivity contribution in [3.05, 3.63) is 47.3 Å². The van der Waals surface area contributed by atoms with E-state index in [-0.39, 0.29) is 17.7 Å². The number of benzene rings is 1. The number of aromatic nitrogens is 3. The van der Waals surface area contributed by atoms with E-state index in [1.807, 2.05) is 27.8 Å². The number of carbonyl (C=O) groups excluding carboxylic acids is 2. The van der Waals surface area contributed by atoms with Crippen LogP contribution < -0.4 is 5.32 Å². The molecule has 1 aromatic carbocycles. The number of fused-ring (bicyclic) bond motifs is 1. The number of likely N-dealkylation sites (tertiary alicyclic amines) is 1. The smallest absolute Gasteiger partial charge is 0.223 e. The summed E-state index contributed by atoms with van der Waals surface area (Å²) in [5, 5.41) is 11.6. The summed E-state index contributed by atoms with van der Waals surface area (Å²) < 4.78 is 8.24. The van der Waals surface area contributed by atoms with Crippen molar-refractivity contribution < 1.29 is 14.3 Å². The van der Waals surface area contributed by atoms with Crippen molar-refractivity contribution in [3.63, 3.8) is 0 Å².